The standard InChI is InChI=1S/C13H25N3O/c1-2-3-7-14-13(17)15-12-6-8-16(10-12)9-11-4-5-11/h11-12H,2-10H2,1H3,(H2,14,15,17)/t12-/m0/s1. The molecule has 0 aromatic rings. The molecule has 0 spiro atoms. The molecule has 2 rings (SSSR count). The van der Waals surface area contributed by atoms with Crippen molar-refractivity contribution < 1.29 is 4.79 Å². The number of carbonyl (C=O) groups is 1. The molecule has 0 radical (unpaired) electrons. The molecule has 2 aliphatic rings. The van der Waals surface area contributed by atoms with Gasteiger partial charge in [-0.3, -0.25) is 0 Å². The predicted octanol–water partition coefficient (Wildman–Crippen LogP) is 1.57. The Bertz CT molecular complexity index is 253. The summed E-state index contributed by atoms with van der Waals surface area (Å²) in [5.41, 5.74) is 0. The van der Waals surface area contributed by atoms with Crippen LogP contribution in [0, 0.1) is 5.92 Å². The van der Waals surface area contributed by atoms with Gasteiger partial charge in [-0.2, -0.15) is 0 Å². The number of urea groups is 1. The van der Waals surface area contributed by atoms with Gasteiger partial charge >= 0.3 is 6.03 Å². The molecule has 1 saturated heterocycles. The monoisotopic (exact) mass is 239 g/mol. The summed E-state index contributed by atoms with van der Waals surface area (Å²) in [7, 11) is 0. The summed E-state index contributed by atoms with van der Waals surface area (Å²) in [5, 5.41) is 5.98. The normalized spacial score (nSPS) is 24.9. The van der Waals surface area contributed by atoms with E-state index in [1.807, 2.05) is 0 Å². The van der Waals surface area contributed by atoms with Crippen LogP contribution in [0.25, 0.3) is 0 Å². The number of hydrogen-bond donors (Lipinski definition) is 2. The van der Waals surface area contributed by atoms with Crippen LogP contribution in [0.5, 0.6) is 0 Å². The molecule has 1 atom stereocenters. The van der Waals surface area contributed by atoms with E-state index >= 15 is 0 Å². The zero-order valence-corrected chi connectivity index (χ0v) is 10.9. The lowest BCUT2D eigenvalue weighted by atomic mass is 10.3. The number of hydrogen-bond acceptors (Lipinski definition) is 2. The molecule has 4 heteroatoms. The summed E-state index contributed by atoms with van der Waals surface area (Å²) >= 11 is 0. The summed E-state index contributed by atoms with van der Waals surface area (Å²) in [6, 6.07) is 0.368. The summed E-state index contributed by atoms with van der Waals surface area (Å²) in [6.07, 6.45) is 6.11. The highest BCUT2D eigenvalue weighted by Crippen LogP contribution is 2.30. The molecule has 0 aromatic heterocycles. The van der Waals surface area contributed by atoms with E-state index in [9.17, 15) is 4.79 Å². The van der Waals surface area contributed by atoms with Crippen molar-refractivity contribution in [3.8, 4) is 0 Å². The lowest BCUT2D eigenvalue weighted by molar-refractivity contribution is 0.236. The van der Waals surface area contributed by atoms with Gasteiger partial charge in [0.1, 0.15) is 0 Å². The van der Waals surface area contributed by atoms with Gasteiger partial charge in [-0.15, -0.1) is 0 Å². The van der Waals surface area contributed by atoms with Crippen LogP contribution in [0.4, 0.5) is 4.79 Å². The lowest BCUT2D eigenvalue weighted by Gasteiger charge is -2.16. The Morgan fingerprint density at radius 3 is 2.88 bits per heavy atom. The summed E-state index contributed by atoms with van der Waals surface area (Å²) in [6.45, 7) is 6.36. The molecule has 1 heterocycles. The van der Waals surface area contributed by atoms with E-state index in [0.29, 0.717) is 6.04 Å². The molecule has 4 nitrogen and oxygen atoms in total. The van der Waals surface area contributed by atoms with Crippen LogP contribution >= 0.6 is 0 Å². The fourth-order valence-corrected chi connectivity index (χ4v) is 2.40. The maximum absolute atomic E-state index is 11.6. The molecule has 98 valence electrons. The Morgan fingerprint density at radius 2 is 2.18 bits per heavy atom. The first-order valence-corrected chi connectivity index (χ1v) is 7.04. The second-order valence-corrected chi connectivity index (χ2v) is 5.44. The minimum Gasteiger partial charge on any atom is -0.338 e. The Hall–Kier alpha value is -0.770. The highest BCUT2D eigenvalue weighted by Gasteiger charge is 2.29. The number of nitrogens with zero attached hydrogens (tertiary/aromatic N) is 1. The van der Waals surface area contributed by atoms with Crippen molar-refractivity contribution >= 4 is 6.03 Å². The maximum Gasteiger partial charge on any atom is 0.315 e. The maximum atomic E-state index is 11.6. The average molecular weight is 239 g/mol. The van der Waals surface area contributed by atoms with Gasteiger partial charge in [0.15, 0.2) is 0 Å². The van der Waals surface area contributed by atoms with Gasteiger partial charge in [-0.25, -0.2) is 4.79 Å². The number of nitrogens with one attached hydrogen (secondary N) is 2. The molecule has 0 aromatic carbocycles. The zero-order valence-electron chi connectivity index (χ0n) is 10.9. The molecule has 1 aliphatic heterocycles. The van der Waals surface area contributed by atoms with E-state index in [2.05, 4.69) is 22.5 Å². The van der Waals surface area contributed by atoms with Gasteiger partial charge in [-0.05, 0) is 31.6 Å². The zero-order chi connectivity index (χ0) is 12.1. The number of likely N-dealkylation sites (tertiary alicyclic amines) is 1. The third-order valence-electron chi connectivity index (χ3n) is 3.64. The molecular weight excluding hydrogens is 214 g/mol. The summed E-state index contributed by atoms with van der Waals surface area (Å²) in [4.78, 5) is 14.1. The third-order valence-corrected chi connectivity index (χ3v) is 3.64. The average Bonchev–Trinajstić information content (AvgIpc) is 3.00. The third kappa shape index (κ3) is 4.54. The molecule has 2 fully saturated rings. The Kier molecular flexibility index (Phi) is 4.66. The van der Waals surface area contributed by atoms with Crippen LogP contribution in [0.2, 0.25) is 0 Å². The van der Waals surface area contributed by atoms with Crippen LogP contribution in [0.1, 0.15) is 39.0 Å². The van der Waals surface area contributed by atoms with Crippen molar-refractivity contribution in [3.63, 3.8) is 0 Å². The minimum absolute atomic E-state index is 0.0109. The van der Waals surface area contributed by atoms with Crippen LogP contribution < -0.4 is 10.6 Å². The van der Waals surface area contributed by atoms with E-state index in [1.54, 1.807) is 0 Å². The Labute approximate surface area is 104 Å². The molecule has 0 bridgehead atoms. The second-order valence-electron chi connectivity index (χ2n) is 5.44. The number of unbranched alkanes of at least 4 members (excludes halogenated alkanes) is 1. The van der Waals surface area contributed by atoms with E-state index in [1.165, 1.54) is 19.4 Å². The lowest BCUT2D eigenvalue weighted by Crippen LogP contribution is -2.43. The van der Waals surface area contributed by atoms with Gasteiger partial charge in [0.05, 0.1) is 0 Å². The quantitative estimate of drug-likeness (QED) is 0.691. The Balaban J connectivity index is 1.57. The number of rotatable bonds is 6. The highest BCUT2D eigenvalue weighted by molar-refractivity contribution is 5.74. The molecular formula is C13H25N3O. The first-order valence-electron chi connectivity index (χ1n) is 7.04. The van der Waals surface area contributed by atoms with E-state index in [-0.39, 0.29) is 6.03 Å². The number of carbonyl (C=O) groups excluding carboxylic acids is 1. The van der Waals surface area contributed by atoms with Crippen LogP contribution in [0.3, 0.4) is 0 Å². The molecule has 2 N–H and O–H groups in total. The molecule has 17 heavy (non-hydrogen) atoms. The Morgan fingerprint density at radius 1 is 1.35 bits per heavy atom. The van der Waals surface area contributed by atoms with E-state index < -0.39 is 0 Å². The van der Waals surface area contributed by atoms with Gasteiger partial charge < -0.3 is 15.5 Å². The second kappa shape index (κ2) is 6.24. The van der Waals surface area contributed by atoms with Gasteiger partial charge in [0, 0.05) is 32.2 Å². The SMILES string of the molecule is CCCCNC(=O)N[C@H]1CCN(CC2CC2)C1. The molecule has 1 aliphatic carbocycles. The van der Waals surface area contributed by atoms with Crippen molar-refractivity contribution in [2.75, 3.05) is 26.2 Å². The fourth-order valence-electron chi connectivity index (χ4n) is 2.40. The van der Waals surface area contributed by atoms with Crippen molar-refractivity contribution in [1.82, 2.24) is 15.5 Å². The number of amides is 2. The van der Waals surface area contributed by atoms with Crippen LogP contribution in [-0.4, -0.2) is 43.2 Å². The van der Waals surface area contributed by atoms with Gasteiger partial charge in [0.2, 0.25) is 0 Å². The summed E-state index contributed by atoms with van der Waals surface area (Å²) < 4.78 is 0. The summed E-state index contributed by atoms with van der Waals surface area (Å²) in [5.74, 6) is 0.951. The predicted molar refractivity (Wildman–Crippen MR) is 69.0 cm³/mol. The highest BCUT2D eigenvalue weighted by atomic mass is 16.2. The molecule has 1 saturated carbocycles. The van der Waals surface area contributed by atoms with Gasteiger partial charge in [0.25, 0.3) is 0 Å². The van der Waals surface area contributed by atoms with Crippen molar-refractivity contribution in [2.45, 2.75) is 45.1 Å². The molecule has 0 unspecified atom stereocenters. The van der Waals surface area contributed by atoms with Crippen molar-refractivity contribution in [1.29, 1.82) is 0 Å². The van der Waals surface area contributed by atoms with Gasteiger partial charge in [-0.1, -0.05) is 13.3 Å². The topological polar surface area (TPSA) is 44.4 Å². The van der Waals surface area contributed by atoms with E-state index in [0.717, 1.165) is 44.8 Å². The van der Waals surface area contributed by atoms with Crippen molar-refractivity contribution in [2.24, 2.45) is 5.92 Å². The first kappa shape index (κ1) is 12.7. The van der Waals surface area contributed by atoms with E-state index in [4.69, 9.17) is 0 Å². The smallest absolute Gasteiger partial charge is 0.315 e. The van der Waals surface area contributed by atoms with Crippen LogP contribution in [-0.2, 0) is 0 Å². The molecule has 2 amide bonds. The van der Waals surface area contributed by atoms with Crippen LogP contribution in [0.15, 0.2) is 0 Å². The fraction of sp³-hybridized carbons (Fsp3) is 0.923. The first-order chi connectivity index (χ1) is 8.28. The van der Waals surface area contributed by atoms with Crippen molar-refractivity contribution in [3.05, 3.63) is 0 Å². The minimum atomic E-state index is 0.0109. The largest absolute Gasteiger partial charge is 0.338 e.